The Hall–Kier alpha value is -1.56. The van der Waals surface area contributed by atoms with Gasteiger partial charge in [0.05, 0.1) is 5.56 Å². The Morgan fingerprint density at radius 1 is 1.07 bits per heavy atom. The summed E-state index contributed by atoms with van der Waals surface area (Å²) in [4.78, 5) is 10.8. The summed E-state index contributed by atoms with van der Waals surface area (Å²) in [6, 6.07) is 0. The number of anilines is 1. The van der Waals surface area contributed by atoms with Gasteiger partial charge in [-0.1, -0.05) is 18.8 Å². The lowest BCUT2D eigenvalue weighted by Gasteiger charge is -2.19. The Morgan fingerprint density at radius 3 is 2.20 bits per heavy atom. The van der Waals surface area contributed by atoms with Gasteiger partial charge in [0.25, 0.3) is 0 Å². The fourth-order valence-electron chi connectivity index (χ4n) is 1.83. The molecule has 0 saturated carbocycles. The second kappa shape index (κ2) is 4.79. The molecule has 0 aliphatic carbocycles. The predicted octanol–water partition coefficient (Wildman–Crippen LogP) is 1.84. The van der Waals surface area contributed by atoms with Crippen LogP contribution < -0.4 is 4.90 Å². The van der Waals surface area contributed by atoms with Gasteiger partial charge in [-0.25, -0.2) is 9.97 Å². The summed E-state index contributed by atoms with van der Waals surface area (Å²) >= 11 is 0. The molecule has 0 amide bonds. The maximum Gasteiger partial charge on any atom is 0.225 e. The van der Waals surface area contributed by atoms with Crippen molar-refractivity contribution in [3.05, 3.63) is 18.0 Å². The monoisotopic (exact) mass is 201 g/mol. The van der Waals surface area contributed by atoms with Gasteiger partial charge in [-0.05, 0) is 12.8 Å². The van der Waals surface area contributed by atoms with Crippen LogP contribution in [0, 0.1) is 12.3 Å². The highest BCUT2D eigenvalue weighted by atomic mass is 15.2. The highest BCUT2D eigenvalue weighted by Gasteiger charge is 2.11. The molecule has 0 spiro atoms. The zero-order chi connectivity index (χ0) is 10.5. The van der Waals surface area contributed by atoms with E-state index < -0.39 is 0 Å². The van der Waals surface area contributed by atoms with Gasteiger partial charge in [-0.2, -0.15) is 0 Å². The van der Waals surface area contributed by atoms with Gasteiger partial charge in [-0.15, -0.1) is 6.42 Å². The van der Waals surface area contributed by atoms with Crippen LogP contribution in [-0.2, 0) is 0 Å². The van der Waals surface area contributed by atoms with Gasteiger partial charge in [-0.3, -0.25) is 0 Å². The maximum absolute atomic E-state index is 5.26. The quantitative estimate of drug-likeness (QED) is 0.649. The van der Waals surface area contributed by atoms with Gasteiger partial charge >= 0.3 is 0 Å². The lowest BCUT2D eigenvalue weighted by molar-refractivity contribution is 0.726. The van der Waals surface area contributed by atoms with E-state index in [0.717, 1.165) is 24.6 Å². The standard InChI is InChI=1S/C12H15N3/c1-2-11-9-13-12(14-10-11)15-7-5-3-4-6-8-15/h1,9-10H,3-8H2. The van der Waals surface area contributed by atoms with E-state index in [4.69, 9.17) is 6.42 Å². The molecule has 0 atom stereocenters. The normalized spacial score (nSPS) is 16.9. The predicted molar refractivity (Wildman–Crippen MR) is 60.6 cm³/mol. The van der Waals surface area contributed by atoms with Crippen LogP contribution in [0.4, 0.5) is 5.95 Å². The molecule has 1 fully saturated rings. The Labute approximate surface area is 90.5 Å². The minimum atomic E-state index is 0.744. The molecule has 0 radical (unpaired) electrons. The van der Waals surface area contributed by atoms with Gasteiger partial charge < -0.3 is 4.90 Å². The fraction of sp³-hybridized carbons (Fsp3) is 0.500. The number of hydrogen-bond donors (Lipinski definition) is 0. The Balaban J connectivity index is 2.10. The minimum Gasteiger partial charge on any atom is -0.341 e. The van der Waals surface area contributed by atoms with Crippen molar-refractivity contribution in [2.24, 2.45) is 0 Å². The van der Waals surface area contributed by atoms with Crippen molar-refractivity contribution in [3.63, 3.8) is 0 Å². The first-order chi connectivity index (χ1) is 7.40. The van der Waals surface area contributed by atoms with E-state index in [0.29, 0.717) is 0 Å². The molecule has 0 N–H and O–H groups in total. The number of rotatable bonds is 1. The van der Waals surface area contributed by atoms with Crippen molar-refractivity contribution in [2.45, 2.75) is 25.7 Å². The molecule has 15 heavy (non-hydrogen) atoms. The molecule has 1 aromatic heterocycles. The molecular formula is C12H15N3. The molecule has 1 aliphatic rings. The lowest BCUT2D eigenvalue weighted by Crippen LogP contribution is -2.25. The Morgan fingerprint density at radius 2 is 1.67 bits per heavy atom. The van der Waals surface area contributed by atoms with Gasteiger partial charge in [0.2, 0.25) is 5.95 Å². The molecule has 2 rings (SSSR count). The van der Waals surface area contributed by atoms with Crippen LogP contribution >= 0.6 is 0 Å². The van der Waals surface area contributed by atoms with Crippen LogP contribution in [0.1, 0.15) is 31.2 Å². The van der Waals surface area contributed by atoms with E-state index in [1.807, 2.05) is 0 Å². The van der Waals surface area contributed by atoms with Crippen molar-refractivity contribution in [2.75, 3.05) is 18.0 Å². The highest BCUT2D eigenvalue weighted by molar-refractivity contribution is 5.34. The highest BCUT2D eigenvalue weighted by Crippen LogP contribution is 2.14. The molecule has 3 nitrogen and oxygen atoms in total. The van der Waals surface area contributed by atoms with Crippen molar-refractivity contribution >= 4 is 5.95 Å². The van der Waals surface area contributed by atoms with Crippen LogP contribution in [0.3, 0.4) is 0 Å². The lowest BCUT2D eigenvalue weighted by atomic mass is 10.2. The molecule has 1 saturated heterocycles. The summed E-state index contributed by atoms with van der Waals surface area (Å²) in [5.41, 5.74) is 0.744. The molecule has 0 bridgehead atoms. The maximum atomic E-state index is 5.26. The Kier molecular flexibility index (Phi) is 3.18. The first-order valence-corrected chi connectivity index (χ1v) is 5.44. The summed E-state index contributed by atoms with van der Waals surface area (Å²) < 4.78 is 0. The third-order valence-corrected chi connectivity index (χ3v) is 2.69. The van der Waals surface area contributed by atoms with Gasteiger partial charge in [0, 0.05) is 25.5 Å². The molecule has 0 aromatic carbocycles. The first kappa shape index (κ1) is 9.97. The largest absolute Gasteiger partial charge is 0.341 e. The van der Waals surface area contributed by atoms with Crippen LogP contribution in [0.5, 0.6) is 0 Å². The minimum absolute atomic E-state index is 0.744. The van der Waals surface area contributed by atoms with Crippen molar-refractivity contribution in [1.82, 2.24) is 9.97 Å². The van der Waals surface area contributed by atoms with E-state index in [9.17, 15) is 0 Å². The smallest absolute Gasteiger partial charge is 0.225 e. The van der Waals surface area contributed by atoms with E-state index in [1.165, 1.54) is 25.7 Å². The number of terminal acetylenes is 1. The summed E-state index contributed by atoms with van der Waals surface area (Å²) in [6.07, 6.45) is 13.8. The third-order valence-electron chi connectivity index (χ3n) is 2.69. The molecule has 2 heterocycles. The molecule has 0 unspecified atom stereocenters. The van der Waals surface area contributed by atoms with Gasteiger partial charge in [0.1, 0.15) is 0 Å². The summed E-state index contributed by atoms with van der Waals surface area (Å²) in [7, 11) is 0. The van der Waals surface area contributed by atoms with E-state index in [-0.39, 0.29) is 0 Å². The van der Waals surface area contributed by atoms with E-state index in [2.05, 4.69) is 20.8 Å². The number of aromatic nitrogens is 2. The average molecular weight is 201 g/mol. The third kappa shape index (κ3) is 2.47. The number of hydrogen-bond acceptors (Lipinski definition) is 3. The van der Waals surface area contributed by atoms with Gasteiger partial charge in [0.15, 0.2) is 0 Å². The molecular weight excluding hydrogens is 186 g/mol. The van der Waals surface area contributed by atoms with Crippen LogP contribution in [-0.4, -0.2) is 23.1 Å². The zero-order valence-electron chi connectivity index (χ0n) is 8.82. The molecule has 3 heteroatoms. The zero-order valence-corrected chi connectivity index (χ0v) is 8.82. The van der Waals surface area contributed by atoms with Crippen molar-refractivity contribution in [3.8, 4) is 12.3 Å². The average Bonchev–Trinajstić information content (AvgIpc) is 2.58. The summed E-state index contributed by atoms with van der Waals surface area (Å²) in [5.74, 6) is 3.34. The van der Waals surface area contributed by atoms with Crippen molar-refractivity contribution < 1.29 is 0 Å². The number of nitrogens with zero attached hydrogens (tertiary/aromatic N) is 3. The second-order valence-corrected chi connectivity index (χ2v) is 3.82. The topological polar surface area (TPSA) is 29.0 Å². The van der Waals surface area contributed by atoms with E-state index >= 15 is 0 Å². The first-order valence-electron chi connectivity index (χ1n) is 5.44. The van der Waals surface area contributed by atoms with Crippen molar-refractivity contribution in [1.29, 1.82) is 0 Å². The summed E-state index contributed by atoms with van der Waals surface area (Å²) in [6.45, 7) is 2.13. The van der Waals surface area contributed by atoms with Crippen LogP contribution in [0.25, 0.3) is 0 Å². The fourth-order valence-corrected chi connectivity index (χ4v) is 1.83. The molecule has 78 valence electrons. The molecule has 1 aromatic rings. The Bertz CT molecular complexity index is 342. The van der Waals surface area contributed by atoms with Crippen LogP contribution in [0.2, 0.25) is 0 Å². The second-order valence-electron chi connectivity index (χ2n) is 3.82. The SMILES string of the molecule is C#Cc1cnc(N2CCCCCC2)nc1. The van der Waals surface area contributed by atoms with Crippen LogP contribution in [0.15, 0.2) is 12.4 Å². The van der Waals surface area contributed by atoms with E-state index in [1.54, 1.807) is 12.4 Å². The molecule has 1 aliphatic heterocycles. The summed E-state index contributed by atoms with van der Waals surface area (Å²) in [5, 5.41) is 0.